The quantitative estimate of drug-likeness (QED) is 0.570. The Balaban J connectivity index is 1.98. The van der Waals surface area contributed by atoms with E-state index in [0.29, 0.717) is 12.1 Å². The number of alkyl halides is 6. The van der Waals surface area contributed by atoms with E-state index in [-0.39, 0.29) is 17.8 Å². The molecule has 2 aromatic heterocycles. The van der Waals surface area contributed by atoms with Crippen molar-refractivity contribution >= 4 is 5.91 Å². The summed E-state index contributed by atoms with van der Waals surface area (Å²) in [6, 6.07) is 1.40. The van der Waals surface area contributed by atoms with Gasteiger partial charge in [-0.25, -0.2) is 15.0 Å². The molecule has 0 aliphatic heterocycles. The maximum Gasteiger partial charge on any atom is 0.416 e. The van der Waals surface area contributed by atoms with Gasteiger partial charge in [0.1, 0.15) is 6.33 Å². The van der Waals surface area contributed by atoms with Gasteiger partial charge >= 0.3 is 12.4 Å². The van der Waals surface area contributed by atoms with Crippen molar-refractivity contribution in [2.24, 2.45) is 0 Å². The van der Waals surface area contributed by atoms with Gasteiger partial charge in [-0.1, -0.05) is 0 Å². The van der Waals surface area contributed by atoms with E-state index in [9.17, 15) is 31.1 Å². The highest BCUT2D eigenvalue weighted by Gasteiger charge is 2.38. The first-order valence-electron chi connectivity index (χ1n) is 8.63. The lowest BCUT2D eigenvalue weighted by atomic mass is 10.0. The van der Waals surface area contributed by atoms with E-state index in [0.717, 1.165) is 11.2 Å². The average molecular weight is 444 g/mol. The number of benzene rings is 1. The minimum Gasteiger partial charge on any atom is -0.332 e. The topological polar surface area (TPSA) is 76.8 Å². The molecular formula is C18H14F6N6O. The van der Waals surface area contributed by atoms with E-state index >= 15 is 0 Å². The molecule has 2 heterocycles. The van der Waals surface area contributed by atoms with Crippen LogP contribution in [0.2, 0.25) is 0 Å². The van der Waals surface area contributed by atoms with E-state index in [1.807, 2.05) is 0 Å². The Kier molecular flexibility index (Phi) is 5.70. The summed E-state index contributed by atoms with van der Waals surface area (Å²) in [6.07, 6.45) is -6.09. The molecule has 13 heteroatoms. The van der Waals surface area contributed by atoms with Gasteiger partial charge in [-0.15, -0.1) is 0 Å². The van der Waals surface area contributed by atoms with Crippen LogP contribution in [0.5, 0.6) is 0 Å². The molecule has 1 aromatic carbocycles. The SMILES string of the molecule is C[C@@H](c1ncnn1-c1ncccn1)N(C)C(=O)c1cc(C(F)(F)F)cc(C(F)(F)F)c1. The van der Waals surface area contributed by atoms with Crippen LogP contribution in [-0.2, 0) is 12.4 Å². The second kappa shape index (κ2) is 7.96. The third kappa shape index (κ3) is 4.64. The fourth-order valence-electron chi connectivity index (χ4n) is 2.72. The first-order valence-corrected chi connectivity index (χ1v) is 8.63. The van der Waals surface area contributed by atoms with Gasteiger partial charge in [-0.3, -0.25) is 4.79 Å². The Morgan fingerprint density at radius 2 is 1.52 bits per heavy atom. The van der Waals surface area contributed by atoms with Gasteiger partial charge in [-0.05, 0) is 31.2 Å². The zero-order valence-electron chi connectivity index (χ0n) is 16.0. The van der Waals surface area contributed by atoms with Crippen LogP contribution in [0.3, 0.4) is 0 Å². The van der Waals surface area contributed by atoms with E-state index in [2.05, 4.69) is 20.1 Å². The fourth-order valence-corrected chi connectivity index (χ4v) is 2.72. The molecule has 0 radical (unpaired) electrons. The van der Waals surface area contributed by atoms with Gasteiger partial charge in [0.2, 0.25) is 0 Å². The number of carbonyl (C=O) groups excluding carboxylic acids is 1. The van der Waals surface area contributed by atoms with Crippen molar-refractivity contribution in [3.8, 4) is 5.95 Å². The molecular weight excluding hydrogens is 430 g/mol. The molecule has 3 aromatic rings. The van der Waals surface area contributed by atoms with Crippen LogP contribution < -0.4 is 0 Å². The van der Waals surface area contributed by atoms with E-state index in [4.69, 9.17) is 0 Å². The summed E-state index contributed by atoms with van der Waals surface area (Å²) >= 11 is 0. The molecule has 0 bridgehead atoms. The smallest absolute Gasteiger partial charge is 0.332 e. The Bertz CT molecular complexity index is 1050. The maximum atomic E-state index is 13.1. The first-order chi connectivity index (χ1) is 14.4. The van der Waals surface area contributed by atoms with E-state index in [1.54, 1.807) is 6.07 Å². The Morgan fingerprint density at radius 3 is 2.03 bits per heavy atom. The van der Waals surface area contributed by atoms with Crippen molar-refractivity contribution in [3.63, 3.8) is 0 Å². The fraction of sp³-hybridized carbons (Fsp3) is 0.278. The van der Waals surface area contributed by atoms with Gasteiger partial charge < -0.3 is 4.90 Å². The molecule has 0 unspecified atom stereocenters. The first kappa shape index (κ1) is 22.2. The molecule has 3 rings (SSSR count). The predicted molar refractivity (Wildman–Crippen MR) is 93.9 cm³/mol. The summed E-state index contributed by atoms with van der Waals surface area (Å²) < 4.78 is 79.8. The van der Waals surface area contributed by atoms with Crippen LogP contribution in [0, 0.1) is 0 Å². The van der Waals surface area contributed by atoms with Crippen LogP contribution >= 0.6 is 0 Å². The lowest BCUT2D eigenvalue weighted by Gasteiger charge is -2.25. The van der Waals surface area contributed by atoms with Gasteiger partial charge in [0, 0.05) is 25.0 Å². The number of hydrogen-bond acceptors (Lipinski definition) is 5. The summed E-state index contributed by atoms with van der Waals surface area (Å²) in [5.41, 5.74) is -3.92. The third-order valence-electron chi connectivity index (χ3n) is 4.43. The second-order valence-corrected chi connectivity index (χ2v) is 6.47. The third-order valence-corrected chi connectivity index (χ3v) is 4.43. The summed E-state index contributed by atoms with van der Waals surface area (Å²) in [4.78, 5) is 25.8. The summed E-state index contributed by atoms with van der Waals surface area (Å²) in [5.74, 6) is -0.779. The molecule has 0 saturated carbocycles. The lowest BCUT2D eigenvalue weighted by molar-refractivity contribution is -0.143. The number of rotatable bonds is 4. The molecule has 1 amide bonds. The Hall–Kier alpha value is -3.51. The van der Waals surface area contributed by atoms with Crippen molar-refractivity contribution in [2.45, 2.75) is 25.3 Å². The monoisotopic (exact) mass is 444 g/mol. The van der Waals surface area contributed by atoms with Crippen LogP contribution in [0.4, 0.5) is 26.3 Å². The van der Waals surface area contributed by atoms with Gasteiger partial charge in [-0.2, -0.15) is 36.1 Å². The highest BCUT2D eigenvalue weighted by Crippen LogP contribution is 2.36. The molecule has 31 heavy (non-hydrogen) atoms. The standard InChI is InChI=1S/C18H14F6N6O/c1-10(14-27-9-28-30(14)16-25-4-3-5-26-16)29(2)15(31)11-6-12(17(19,20)21)8-13(7-11)18(22,23)24/h3-10H,1-2H3/t10-/m0/s1. The molecule has 0 saturated heterocycles. The number of carbonyl (C=O) groups is 1. The van der Waals surface area contributed by atoms with Gasteiger partial charge in [0.25, 0.3) is 11.9 Å². The molecule has 1 atom stereocenters. The number of amides is 1. The minimum atomic E-state index is -5.06. The van der Waals surface area contributed by atoms with E-state index in [1.165, 1.54) is 31.0 Å². The Labute approximate surface area is 171 Å². The van der Waals surface area contributed by atoms with Crippen LogP contribution in [-0.4, -0.2) is 42.6 Å². The number of hydrogen-bond donors (Lipinski definition) is 0. The zero-order chi connectivity index (χ0) is 23.0. The summed E-state index contributed by atoms with van der Waals surface area (Å²) in [6.45, 7) is 1.49. The average Bonchev–Trinajstić information content (AvgIpc) is 3.21. The van der Waals surface area contributed by atoms with E-state index < -0.39 is 41.0 Å². The zero-order valence-corrected chi connectivity index (χ0v) is 16.0. The van der Waals surface area contributed by atoms with Crippen molar-refractivity contribution in [2.75, 3.05) is 7.05 Å². The molecule has 0 spiro atoms. The van der Waals surface area contributed by atoms with Crippen molar-refractivity contribution < 1.29 is 31.1 Å². The highest BCUT2D eigenvalue weighted by molar-refractivity contribution is 5.94. The lowest BCUT2D eigenvalue weighted by Crippen LogP contribution is -2.32. The highest BCUT2D eigenvalue weighted by atomic mass is 19.4. The van der Waals surface area contributed by atoms with Crippen molar-refractivity contribution in [1.29, 1.82) is 0 Å². The largest absolute Gasteiger partial charge is 0.416 e. The summed E-state index contributed by atoms with van der Waals surface area (Å²) in [5, 5.41) is 3.96. The van der Waals surface area contributed by atoms with Crippen molar-refractivity contribution in [1.82, 2.24) is 29.6 Å². The van der Waals surface area contributed by atoms with Crippen LogP contribution in [0.15, 0.2) is 43.0 Å². The van der Waals surface area contributed by atoms with Gasteiger partial charge in [0.05, 0.1) is 17.2 Å². The second-order valence-electron chi connectivity index (χ2n) is 6.47. The summed E-state index contributed by atoms with van der Waals surface area (Å²) in [7, 11) is 1.23. The van der Waals surface area contributed by atoms with Crippen LogP contribution in [0.1, 0.15) is 40.3 Å². The van der Waals surface area contributed by atoms with Crippen molar-refractivity contribution in [3.05, 3.63) is 65.5 Å². The van der Waals surface area contributed by atoms with Gasteiger partial charge in [0.15, 0.2) is 5.82 Å². The molecule has 0 aliphatic carbocycles. The molecule has 0 aliphatic rings. The van der Waals surface area contributed by atoms with Crippen LogP contribution in [0.25, 0.3) is 5.95 Å². The minimum absolute atomic E-state index is 0.0381. The Morgan fingerprint density at radius 1 is 0.968 bits per heavy atom. The number of aromatic nitrogens is 5. The molecule has 0 N–H and O–H groups in total. The molecule has 164 valence electrons. The maximum absolute atomic E-state index is 13.1. The molecule has 0 fully saturated rings. The normalized spacial score (nSPS) is 13.2. The predicted octanol–water partition coefficient (Wildman–Crippen LogP) is 3.93. The number of halogens is 6. The number of nitrogens with zero attached hydrogens (tertiary/aromatic N) is 6. The molecule has 7 nitrogen and oxygen atoms in total.